The van der Waals surface area contributed by atoms with E-state index in [1.165, 1.54) is 6.42 Å². The molecule has 0 spiro atoms. The van der Waals surface area contributed by atoms with Gasteiger partial charge in [-0.1, -0.05) is 5.21 Å². The van der Waals surface area contributed by atoms with Gasteiger partial charge in [0, 0.05) is 25.8 Å². The average molecular weight is 196 g/mol. The fraction of sp³-hybridized carbons (Fsp3) is 0.778. The van der Waals surface area contributed by atoms with E-state index < -0.39 is 0 Å². The van der Waals surface area contributed by atoms with E-state index in [0.29, 0.717) is 13.0 Å². The van der Waals surface area contributed by atoms with Crippen molar-refractivity contribution in [1.29, 1.82) is 0 Å². The van der Waals surface area contributed by atoms with Crippen LogP contribution in [0.3, 0.4) is 0 Å². The van der Waals surface area contributed by atoms with E-state index in [9.17, 15) is 0 Å². The molecule has 1 aromatic rings. The maximum Gasteiger partial charge on any atom is 0.0850 e. The van der Waals surface area contributed by atoms with Gasteiger partial charge in [0.15, 0.2) is 0 Å². The second-order valence-electron chi connectivity index (χ2n) is 3.91. The van der Waals surface area contributed by atoms with Crippen molar-refractivity contribution in [3.05, 3.63) is 11.9 Å². The molecule has 2 rings (SSSR count). The van der Waals surface area contributed by atoms with Crippen LogP contribution in [0.5, 0.6) is 0 Å². The molecule has 0 unspecified atom stereocenters. The van der Waals surface area contributed by atoms with Gasteiger partial charge >= 0.3 is 0 Å². The first-order valence-corrected chi connectivity index (χ1v) is 5.03. The Morgan fingerprint density at radius 3 is 2.86 bits per heavy atom. The van der Waals surface area contributed by atoms with E-state index in [2.05, 4.69) is 10.3 Å². The van der Waals surface area contributed by atoms with Gasteiger partial charge in [0.05, 0.1) is 11.2 Å². The zero-order chi connectivity index (χ0) is 10.0. The van der Waals surface area contributed by atoms with Gasteiger partial charge in [-0.3, -0.25) is 0 Å². The molecule has 78 valence electrons. The summed E-state index contributed by atoms with van der Waals surface area (Å²) in [6.07, 6.45) is 5.87. The molecule has 1 fully saturated rings. The van der Waals surface area contributed by atoms with Crippen molar-refractivity contribution in [2.45, 2.75) is 31.2 Å². The number of nitrogens with zero attached hydrogens (tertiary/aromatic N) is 3. The third-order valence-electron chi connectivity index (χ3n) is 3.06. The molecule has 0 saturated heterocycles. The van der Waals surface area contributed by atoms with Crippen molar-refractivity contribution in [3.8, 4) is 0 Å². The van der Waals surface area contributed by atoms with Crippen LogP contribution in [0, 0.1) is 0 Å². The van der Waals surface area contributed by atoms with Gasteiger partial charge in [-0.05, 0) is 19.3 Å². The minimum atomic E-state index is 0.0146. The fourth-order valence-electron chi connectivity index (χ4n) is 1.87. The topological polar surface area (TPSA) is 77.0 Å². The highest BCUT2D eigenvalue weighted by Crippen LogP contribution is 2.37. The van der Waals surface area contributed by atoms with Crippen molar-refractivity contribution in [3.63, 3.8) is 0 Å². The first kappa shape index (κ1) is 9.61. The molecule has 1 saturated carbocycles. The maximum atomic E-state index is 8.76. The molecule has 1 aliphatic rings. The molecule has 1 aromatic heterocycles. The highest BCUT2D eigenvalue weighted by atomic mass is 16.3. The predicted molar refractivity (Wildman–Crippen MR) is 51.7 cm³/mol. The summed E-state index contributed by atoms with van der Waals surface area (Å²) >= 11 is 0. The van der Waals surface area contributed by atoms with Crippen LogP contribution < -0.4 is 5.73 Å². The molecule has 0 aromatic carbocycles. The Labute approximate surface area is 82.9 Å². The molecular formula is C9H16N4O. The standard InChI is InChI=1S/C9H16N4O/c10-7-9(3-1-4-9)13-6-8(2-5-14)11-12-13/h6,14H,1-5,7,10H2. The largest absolute Gasteiger partial charge is 0.396 e. The number of hydrogen-bond donors (Lipinski definition) is 2. The van der Waals surface area contributed by atoms with Gasteiger partial charge in [0.1, 0.15) is 0 Å². The van der Waals surface area contributed by atoms with Gasteiger partial charge in [-0.15, -0.1) is 5.10 Å². The quantitative estimate of drug-likeness (QED) is 0.690. The molecule has 0 bridgehead atoms. The number of aliphatic hydroxyl groups is 1. The molecule has 1 heterocycles. The van der Waals surface area contributed by atoms with Crippen LogP contribution in [0.1, 0.15) is 25.0 Å². The first-order valence-electron chi connectivity index (χ1n) is 5.03. The third-order valence-corrected chi connectivity index (χ3v) is 3.06. The summed E-state index contributed by atoms with van der Waals surface area (Å²) in [4.78, 5) is 0. The van der Waals surface area contributed by atoms with Crippen molar-refractivity contribution in [1.82, 2.24) is 15.0 Å². The molecule has 0 amide bonds. The van der Waals surface area contributed by atoms with E-state index in [1.807, 2.05) is 10.9 Å². The van der Waals surface area contributed by atoms with Crippen molar-refractivity contribution >= 4 is 0 Å². The zero-order valence-electron chi connectivity index (χ0n) is 8.19. The van der Waals surface area contributed by atoms with Gasteiger partial charge in [-0.2, -0.15) is 0 Å². The summed E-state index contributed by atoms with van der Waals surface area (Å²) in [6, 6.07) is 0. The number of hydrogen-bond acceptors (Lipinski definition) is 4. The monoisotopic (exact) mass is 196 g/mol. The van der Waals surface area contributed by atoms with E-state index in [1.54, 1.807) is 0 Å². The number of rotatable bonds is 4. The van der Waals surface area contributed by atoms with E-state index >= 15 is 0 Å². The summed E-state index contributed by atoms with van der Waals surface area (Å²) in [5.74, 6) is 0. The lowest BCUT2D eigenvalue weighted by atomic mass is 9.77. The maximum absolute atomic E-state index is 8.76. The lowest BCUT2D eigenvalue weighted by Crippen LogP contribution is -2.47. The summed E-state index contributed by atoms with van der Waals surface area (Å²) < 4.78 is 1.88. The smallest absolute Gasteiger partial charge is 0.0850 e. The Bertz CT molecular complexity index is 300. The zero-order valence-corrected chi connectivity index (χ0v) is 8.19. The van der Waals surface area contributed by atoms with E-state index in [-0.39, 0.29) is 12.1 Å². The third kappa shape index (κ3) is 1.42. The number of aromatic nitrogens is 3. The Kier molecular flexibility index (Phi) is 2.52. The lowest BCUT2D eigenvalue weighted by Gasteiger charge is -2.40. The lowest BCUT2D eigenvalue weighted by molar-refractivity contribution is 0.132. The molecule has 0 atom stereocenters. The number of aliphatic hydroxyl groups excluding tert-OH is 1. The van der Waals surface area contributed by atoms with Gasteiger partial charge < -0.3 is 10.8 Å². The van der Waals surface area contributed by atoms with E-state index in [4.69, 9.17) is 10.8 Å². The predicted octanol–water partition coefficient (Wildman–Crippen LogP) is -0.349. The van der Waals surface area contributed by atoms with Crippen molar-refractivity contribution in [2.24, 2.45) is 5.73 Å². The Morgan fingerprint density at radius 2 is 2.36 bits per heavy atom. The van der Waals surface area contributed by atoms with Crippen LogP contribution in [-0.4, -0.2) is 33.3 Å². The molecule has 14 heavy (non-hydrogen) atoms. The summed E-state index contributed by atoms with van der Waals surface area (Å²) in [7, 11) is 0. The molecule has 0 aliphatic heterocycles. The second kappa shape index (κ2) is 3.67. The van der Waals surface area contributed by atoms with Crippen LogP contribution in [-0.2, 0) is 12.0 Å². The number of nitrogens with two attached hydrogens (primary N) is 1. The van der Waals surface area contributed by atoms with Crippen LogP contribution in [0.25, 0.3) is 0 Å². The SMILES string of the molecule is NCC1(n2cc(CCO)nn2)CCC1. The molecule has 5 heteroatoms. The molecule has 3 N–H and O–H groups in total. The summed E-state index contributed by atoms with van der Waals surface area (Å²) in [5.41, 5.74) is 6.60. The van der Waals surface area contributed by atoms with Crippen LogP contribution in [0.4, 0.5) is 0 Å². The van der Waals surface area contributed by atoms with Crippen LogP contribution >= 0.6 is 0 Å². The van der Waals surface area contributed by atoms with Gasteiger partial charge in [-0.25, -0.2) is 4.68 Å². The molecule has 5 nitrogen and oxygen atoms in total. The Hall–Kier alpha value is -0.940. The average Bonchev–Trinajstić information content (AvgIpc) is 2.54. The Balaban J connectivity index is 2.15. The normalized spacial score (nSPS) is 19.3. The van der Waals surface area contributed by atoms with Crippen LogP contribution in [0.15, 0.2) is 6.20 Å². The Morgan fingerprint density at radius 1 is 1.57 bits per heavy atom. The second-order valence-corrected chi connectivity index (χ2v) is 3.91. The van der Waals surface area contributed by atoms with Crippen LogP contribution in [0.2, 0.25) is 0 Å². The highest BCUT2D eigenvalue weighted by molar-refractivity contribution is 5.00. The fourth-order valence-corrected chi connectivity index (χ4v) is 1.87. The highest BCUT2D eigenvalue weighted by Gasteiger charge is 2.38. The first-order chi connectivity index (χ1) is 6.80. The van der Waals surface area contributed by atoms with Crippen molar-refractivity contribution in [2.75, 3.05) is 13.2 Å². The molecule has 0 radical (unpaired) electrons. The summed E-state index contributed by atoms with van der Waals surface area (Å²) in [6.45, 7) is 0.739. The van der Waals surface area contributed by atoms with Crippen molar-refractivity contribution < 1.29 is 5.11 Å². The molecular weight excluding hydrogens is 180 g/mol. The van der Waals surface area contributed by atoms with Gasteiger partial charge in [0.25, 0.3) is 0 Å². The summed E-state index contributed by atoms with van der Waals surface area (Å²) in [5, 5.41) is 16.8. The molecule has 1 aliphatic carbocycles. The minimum absolute atomic E-state index is 0.0146. The van der Waals surface area contributed by atoms with E-state index in [0.717, 1.165) is 18.5 Å². The minimum Gasteiger partial charge on any atom is -0.396 e. The van der Waals surface area contributed by atoms with Gasteiger partial charge in [0.2, 0.25) is 0 Å².